The van der Waals surface area contributed by atoms with Crippen LogP contribution in [0.5, 0.6) is 5.88 Å². The molecule has 2 aromatic carbocycles. The molecule has 1 atom stereocenters. The lowest BCUT2D eigenvalue weighted by Crippen LogP contribution is -2.36. The van der Waals surface area contributed by atoms with Crippen LogP contribution >= 0.6 is 0 Å². The van der Waals surface area contributed by atoms with Gasteiger partial charge in [-0.1, -0.05) is 42.5 Å². The number of amides is 2. The van der Waals surface area contributed by atoms with Gasteiger partial charge in [-0.2, -0.15) is 0 Å². The summed E-state index contributed by atoms with van der Waals surface area (Å²) < 4.78 is 30.5. The highest BCUT2D eigenvalue weighted by molar-refractivity contribution is 5.86. The number of ether oxygens (including phenoxy) is 3. The number of likely N-dealkylation sites (tertiary alicyclic amines) is 1. The number of carbonyl (C=O) groups is 2. The normalized spacial score (nSPS) is 15.2. The van der Waals surface area contributed by atoms with Gasteiger partial charge in [0.15, 0.2) is 0 Å². The molecule has 9 heteroatoms. The summed E-state index contributed by atoms with van der Waals surface area (Å²) in [7, 11) is 0. The molecular formula is C28H30FN3O5. The van der Waals surface area contributed by atoms with Crippen LogP contribution in [0.3, 0.4) is 0 Å². The maximum atomic E-state index is 13.6. The Bertz CT molecular complexity index is 1230. The van der Waals surface area contributed by atoms with Gasteiger partial charge in [0.25, 0.3) is 0 Å². The molecule has 37 heavy (non-hydrogen) atoms. The average Bonchev–Trinajstić information content (AvgIpc) is 3.33. The molecule has 1 aliphatic heterocycles. The molecule has 2 heterocycles. The van der Waals surface area contributed by atoms with Gasteiger partial charge in [0.05, 0.1) is 18.4 Å². The second kappa shape index (κ2) is 11.3. The predicted molar refractivity (Wildman–Crippen MR) is 137 cm³/mol. The molecule has 194 valence electrons. The van der Waals surface area contributed by atoms with Gasteiger partial charge >= 0.3 is 12.2 Å². The molecule has 1 fully saturated rings. The van der Waals surface area contributed by atoms with Gasteiger partial charge in [-0.05, 0) is 50.1 Å². The van der Waals surface area contributed by atoms with Gasteiger partial charge in [-0.25, -0.2) is 19.0 Å². The zero-order valence-corrected chi connectivity index (χ0v) is 21.1. The van der Waals surface area contributed by atoms with E-state index >= 15 is 0 Å². The van der Waals surface area contributed by atoms with Gasteiger partial charge in [0.1, 0.15) is 24.1 Å². The van der Waals surface area contributed by atoms with E-state index in [0.29, 0.717) is 42.2 Å². The highest BCUT2D eigenvalue weighted by Gasteiger charge is 2.31. The second-order valence-corrected chi connectivity index (χ2v) is 9.73. The van der Waals surface area contributed by atoms with Gasteiger partial charge in [0, 0.05) is 18.5 Å². The Balaban J connectivity index is 1.47. The van der Waals surface area contributed by atoms with Gasteiger partial charge in [-0.3, -0.25) is 5.32 Å². The molecule has 4 rings (SSSR count). The first-order valence-corrected chi connectivity index (χ1v) is 12.0. The van der Waals surface area contributed by atoms with E-state index in [1.54, 1.807) is 23.1 Å². The number of carbonyl (C=O) groups excluding carboxylic acids is 2. The van der Waals surface area contributed by atoms with E-state index in [9.17, 15) is 14.0 Å². The summed E-state index contributed by atoms with van der Waals surface area (Å²) in [5.41, 5.74) is 1.90. The average molecular weight is 508 g/mol. The third kappa shape index (κ3) is 7.42. The first-order valence-electron chi connectivity index (χ1n) is 12.0. The lowest BCUT2D eigenvalue weighted by atomic mass is 10.1. The number of hydrogen-bond donors (Lipinski definition) is 1. The van der Waals surface area contributed by atoms with Crippen molar-refractivity contribution in [3.8, 4) is 17.0 Å². The van der Waals surface area contributed by atoms with E-state index in [1.807, 2.05) is 51.1 Å². The minimum Gasteiger partial charge on any atom is -0.472 e. The van der Waals surface area contributed by atoms with E-state index in [2.05, 4.69) is 10.3 Å². The predicted octanol–water partition coefficient (Wildman–Crippen LogP) is 6.02. The largest absolute Gasteiger partial charge is 0.472 e. The lowest BCUT2D eigenvalue weighted by molar-refractivity contribution is 0.0275. The smallest absolute Gasteiger partial charge is 0.412 e. The summed E-state index contributed by atoms with van der Waals surface area (Å²) in [4.78, 5) is 30.8. The van der Waals surface area contributed by atoms with Crippen molar-refractivity contribution < 1.29 is 28.2 Å². The third-order valence-electron chi connectivity index (χ3n) is 5.54. The van der Waals surface area contributed by atoms with E-state index in [0.717, 1.165) is 5.56 Å². The Kier molecular flexibility index (Phi) is 7.91. The van der Waals surface area contributed by atoms with Crippen molar-refractivity contribution in [3.05, 3.63) is 78.2 Å². The van der Waals surface area contributed by atoms with Crippen molar-refractivity contribution in [3.63, 3.8) is 0 Å². The van der Waals surface area contributed by atoms with Crippen LogP contribution in [-0.2, 0) is 16.1 Å². The number of rotatable bonds is 6. The zero-order valence-electron chi connectivity index (χ0n) is 21.1. The minimum atomic E-state index is -0.631. The molecule has 1 saturated heterocycles. The maximum absolute atomic E-state index is 13.6. The second-order valence-electron chi connectivity index (χ2n) is 9.73. The van der Waals surface area contributed by atoms with Crippen LogP contribution in [0, 0.1) is 5.82 Å². The van der Waals surface area contributed by atoms with Gasteiger partial charge in [-0.15, -0.1) is 0 Å². The molecule has 0 spiro atoms. The first-order chi connectivity index (χ1) is 17.7. The van der Waals surface area contributed by atoms with Crippen molar-refractivity contribution in [2.45, 2.75) is 45.5 Å². The highest BCUT2D eigenvalue weighted by Crippen LogP contribution is 2.32. The standard InChI is InChI=1S/C28H30FN3O5/c1-28(2,3)37-27(34)32-14-13-23(17-32)36-25-24(20-9-11-21(29)12-10-20)15-22(16-30-25)31-26(33)35-18-19-7-5-4-6-8-19/h4-12,15-16,23H,13-14,17-18H2,1-3H3,(H,31,33)/t23-/m0/s1. The zero-order chi connectivity index (χ0) is 26.4. The number of hydrogen-bond acceptors (Lipinski definition) is 6. The summed E-state index contributed by atoms with van der Waals surface area (Å²) in [5, 5.41) is 2.68. The third-order valence-corrected chi connectivity index (χ3v) is 5.54. The van der Waals surface area contributed by atoms with Crippen LogP contribution in [0.15, 0.2) is 66.9 Å². The SMILES string of the molecule is CC(C)(C)OC(=O)N1CC[C@H](Oc2ncc(NC(=O)OCc3ccccc3)cc2-c2ccc(F)cc2)C1. The number of nitrogens with one attached hydrogen (secondary N) is 1. The number of nitrogens with zero attached hydrogens (tertiary/aromatic N) is 2. The lowest BCUT2D eigenvalue weighted by Gasteiger charge is -2.24. The first kappa shape index (κ1) is 25.9. The van der Waals surface area contributed by atoms with E-state index in [1.165, 1.54) is 18.3 Å². The van der Waals surface area contributed by atoms with Crippen LogP contribution in [0.4, 0.5) is 19.7 Å². The summed E-state index contributed by atoms with van der Waals surface area (Å²) in [6.07, 6.45) is 0.753. The fourth-order valence-electron chi connectivity index (χ4n) is 3.80. The number of pyridine rings is 1. The van der Waals surface area contributed by atoms with Crippen LogP contribution in [0.1, 0.15) is 32.8 Å². The number of halogens is 1. The minimum absolute atomic E-state index is 0.127. The van der Waals surface area contributed by atoms with E-state index in [4.69, 9.17) is 14.2 Å². The Hall–Kier alpha value is -4.14. The monoisotopic (exact) mass is 507 g/mol. The van der Waals surface area contributed by atoms with Gasteiger partial charge in [0.2, 0.25) is 5.88 Å². The molecule has 1 N–H and O–H groups in total. The molecule has 0 aliphatic carbocycles. The number of benzene rings is 2. The molecule has 1 aliphatic rings. The molecule has 0 bridgehead atoms. The van der Waals surface area contributed by atoms with Crippen molar-refractivity contribution in [2.75, 3.05) is 18.4 Å². The summed E-state index contributed by atoms with van der Waals surface area (Å²) in [6.45, 7) is 6.44. The van der Waals surface area contributed by atoms with Crippen LogP contribution in [0.2, 0.25) is 0 Å². The number of anilines is 1. The van der Waals surface area contributed by atoms with E-state index < -0.39 is 11.7 Å². The van der Waals surface area contributed by atoms with Crippen molar-refractivity contribution >= 4 is 17.9 Å². The molecular weight excluding hydrogens is 477 g/mol. The quantitative estimate of drug-likeness (QED) is 0.439. The fourth-order valence-corrected chi connectivity index (χ4v) is 3.80. The molecule has 8 nitrogen and oxygen atoms in total. The fraction of sp³-hybridized carbons (Fsp3) is 0.321. The maximum Gasteiger partial charge on any atom is 0.412 e. The molecule has 3 aromatic rings. The number of aromatic nitrogens is 1. The molecule has 0 saturated carbocycles. The van der Waals surface area contributed by atoms with Crippen molar-refractivity contribution in [1.29, 1.82) is 0 Å². The molecule has 0 radical (unpaired) electrons. The Morgan fingerprint density at radius 2 is 1.84 bits per heavy atom. The summed E-state index contributed by atoms with van der Waals surface area (Å²) in [5.74, 6) is -0.0624. The van der Waals surface area contributed by atoms with Crippen molar-refractivity contribution in [2.24, 2.45) is 0 Å². The van der Waals surface area contributed by atoms with Crippen LogP contribution in [-0.4, -0.2) is 46.9 Å². The summed E-state index contributed by atoms with van der Waals surface area (Å²) in [6, 6.07) is 16.9. The van der Waals surface area contributed by atoms with Gasteiger partial charge < -0.3 is 19.1 Å². The van der Waals surface area contributed by atoms with E-state index in [-0.39, 0.29) is 24.6 Å². The molecule has 1 aromatic heterocycles. The van der Waals surface area contributed by atoms with Crippen LogP contribution in [0.25, 0.3) is 11.1 Å². The Morgan fingerprint density at radius 3 is 2.54 bits per heavy atom. The van der Waals surface area contributed by atoms with Crippen molar-refractivity contribution in [1.82, 2.24) is 9.88 Å². The summed E-state index contributed by atoms with van der Waals surface area (Å²) >= 11 is 0. The molecule has 2 amide bonds. The Labute approximate surface area is 215 Å². The Morgan fingerprint density at radius 1 is 1.11 bits per heavy atom. The topological polar surface area (TPSA) is 90.0 Å². The highest BCUT2D eigenvalue weighted by atomic mass is 19.1. The van der Waals surface area contributed by atoms with Crippen LogP contribution < -0.4 is 10.1 Å². The molecule has 0 unspecified atom stereocenters.